The molecular formula is C13H14O5. The molecule has 0 bridgehead atoms. The van der Waals surface area contributed by atoms with Crippen LogP contribution in [-0.4, -0.2) is 36.4 Å². The van der Waals surface area contributed by atoms with E-state index in [2.05, 4.69) is 0 Å². The summed E-state index contributed by atoms with van der Waals surface area (Å²) in [7, 11) is 0. The number of benzene rings is 1. The molecule has 1 aliphatic rings. The van der Waals surface area contributed by atoms with Crippen LogP contribution >= 0.6 is 0 Å². The molecule has 5 heteroatoms. The number of aromatic carboxylic acids is 1. The van der Waals surface area contributed by atoms with Crippen molar-refractivity contribution in [1.29, 1.82) is 0 Å². The van der Waals surface area contributed by atoms with Crippen LogP contribution in [0.1, 0.15) is 31.8 Å². The maximum Gasteiger partial charge on any atom is 0.338 e. The quantitative estimate of drug-likeness (QED) is 0.648. The Morgan fingerprint density at radius 2 is 1.89 bits per heavy atom. The molecule has 1 heterocycles. The highest BCUT2D eigenvalue weighted by Crippen LogP contribution is 2.18. The van der Waals surface area contributed by atoms with Crippen LogP contribution in [0, 0.1) is 13.8 Å². The summed E-state index contributed by atoms with van der Waals surface area (Å²) in [6.07, 6.45) is 0.0219. The van der Waals surface area contributed by atoms with Gasteiger partial charge in [-0.25, -0.2) is 9.59 Å². The van der Waals surface area contributed by atoms with Gasteiger partial charge in [0.2, 0.25) is 0 Å². The van der Waals surface area contributed by atoms with Crippen molar-refractivity contribution < 1.29 is 24.2 Å². The molecule has 0 aromatic heterocycles. The number of carboxylic acid groups (broad SMARTS) is 1. The first kappa shape index (κ1) is 12.6. The lowest BCUT2D eigenvalue weighted by Gasteiger charge is -2.09. The minimum Gasteiger partial charge on any atom is -0.478 e. The molecule has 18 heavy (non-hydrogen) atoms. The number of esters is 1. The Kier molecular flexibility index (Phi) is 3.34. The maximum absolute atomic E-state index is 11.8. The second-order valence-corrected chi connectivity index (χ2v) is 4.34. The lowest BCUT2D eigenvalue weighted by Crippen LogP contribution is -2.13. The third-order valence-electron chi connectivity index (χ3n) is 2.82. The molecular weight excluding hydrogens is 236 g/mol. The highest BCUT2D eigenvalue weighted by molar-refractivity contribution is 5.95. The summed E-state index contributed by atoms with van der Waals surface area (Å²) in [5.74, 6) is -1.44. The van der Waals surface area contributed by atoms with Crippen LogP contribution < -0.4 is 0 Å². The van der Waals surface area contributed by atoms with Crippen molar-refractivity contribution in [1.82, 2.24) is 0 Å². The minimum atomic E-state index is -0.998. The second kappa shape index (κ2) is 4.78. The van der Waals surface area contributed by atoms with Crippen LogP contribution in [0.3, 0.4) is 0 Å². The van der Waals surface area contributed by atoms with Gasteiger partial charge in [-0.05, 0) is 37.1 Å². The predicted molar refractivity (Wildman–Crippen MR) is 62.9 cm³/mol. The van der Waals surface area contributed by atoms with Gasteiger partial charge in [0.1, 0.15) is 12.7 Å². The number of carbonyl (C=O) groups is 2. The summed E-state index contributed by atoms with van der Waals surface area (Å²) in [6, 6.07) is 3.04. The van der Waals surface area contributed by atoms with Crippen molar-refractivity contribution in [3.63, 3.8) is 0 Å². The fourth-order valence-electron chi connectivity index (χ4n) is 1.68. The van der Waals surface area contributed by atoms with Crippen molar-refractivity contribution >= 4 is 11.9 Å². The molecule has 1 aliphatic heterocycles. The Labute approximate surface area is 104 Å². The van der Waals surface area contributed by atoms with Gasteiger partial charge in [-0.1, -0.05) is 0 Å². The zero-order chi connectivity index (χ0) is 13.3. The van der Waals surface area contributed by atoms with Crippen LogP contribution in [-0.2, 0) is 9.47 Å². The molecule has 1 aromatic rings. The van der Waals surface area contributed by atoms with E-state index < -0.39 is 11.9 Å². The Bertz CT molecular complexity index is 502. The molecule has 0 aliphatic carbocycles. The van der Waals surface area contributed by atoms with E-state index >= 15 is 0 Å². The van der Waals surface area contributed by atoms with E-state index in [0.717, 1.165) is 0 Å². The number of carbonyl (C=O) groups excluding carboxylic acids is 1. The third kappa shape index (κ3) is 2.68. The Balaban J connectivity index is 2.19. The van der Waals surface area contributed by atoms with Gasteiger partial charge < -0.3 is 14.6 Å². The molecule has 1 unspecified atom stereocenters. The molecule has 1 atom stereocenters. The van der Waals surface area contributed by atoms with Gasteiger partial charge in [0, 0.05) is 0 Å². The standard InChI is InChI=1S/C13H14O5/c1-7-4-11(8(2)3-10(7)12(14)15)13(16)18-6-9-5-17-9/h3-4,9H,5-6H2,1-2H3,(H,14,15). The number of aryl methyl sites for hydroxylation is 2. The lowest BCUT2D eigenvalue weighted by molar-refractivity contribution is 0.0474. The lowest BCUT2D eigenvalue weighted by atomic mass is 10.00. The van der Waals surface area contributed by atoms with Crippen LogP contribution in [0.15, 0.2) is 12.1 Å². The van der Waals surface area contributed by atoms with Gasteiger partial charge in [-0.3, -0.25) is 0 Å². The monoisotopic (exact) mass is 250 g/mol. The number of hydrogen-bond acceptors (Lipinski definition) is 4. The molecule has 0 spiro atoms. The van der Waals surface area contributed by atoms with E-state index in [9.17, 15) is 9.59 Å². The van der Waals surface area contributed by atoms with E-state index in [1.54, 1.807) is 19.9 Å². The van der Waals surface area contributed by atoms with Gasteiger partial charge in [0.05, 0.1) is 17.7 Å². The summed E-state index contributed by atoms with van der Waals surface area (Å²) in [6.45, 7) is 4.22. The SMILES string of the molecule is Cc1cc(C(=O)OCC2CO2)c(C)cc1C(=O)O. The van der Waals surface area contributed by atoms with Gasteiger partial charge in [-0.15, -0.1) is 0 Å². The van der Waals surface area contributed by atoms with Crippen molar-refractivity contribution in [3.8, 4) is 0 Å². The zero-order valence-electron chi connectivity index (χ0n) is 10.2. The molecule has 0 radical (unpaired) electrons. The Morgan fingerprint density at radius 1 is 1.33 bits per heavy atom. The maximum atomic E-state index is 11.8. The van der Waals surface area contributed by atoms with Gasteiger partial charge in [0.25, 0.3) is 0 Å². The highest BCUT2D eigenvalue weighted by atomic mass is 16.6. The summed E-state index contributed by atoms with van der Waals surface area (Å²) in [4.78, 5) is 22.8. The van der Waals surface area contributed by atoms with Gasteiger partial charge >= 0.3 is 11.9 Å². The van der Waals surface area contributed by atoms with E-state index in [4.69, 9.17) is 14.6 Å². The van der Waals surface area contributed by atoms with Crippen molar-refractivity contribution in [3.05, 3.63) is 34.4 Å². The molecule has 0 saturated carbocycles. The van der Waals surface area contributed by atoms with Crippen LogP contribution in [0.2, 0.25) is 0 Å². The smallest absolute Gasteiger partial charge is 0.338 e. The largest absolute Gasteiger partial charge is 0.478 e. The molecule has 2 rings (SSSR count). The number of rotatable bonds is 4. The average molecular weight is 250 g/mol. The van der Waals surface area contributed by atoms with Crippen LogP contribution in [0.5, 0.6) is 0 Å². The van der Waals surface area contributed by atoms with Crippen molar-refractivity contribution in [2.24, 2.45) is 0 Å². The molecule has 1 N–H and O–H groups in total. The van der Waals surface area contributed by atoms with Crippen molar-refractivity contribution in [2.75, 3.05) is 13.2 Å². The fourth-order valence-corrected chi connectivity index (χ4v) is 1.68. The van der Waals surface area contributed by atoms with Crippen molar-refractivity contribution in [2.45, 2.75) is 20.0 Å². The fraction of sp³-hybridized carbons (Fsp3) is 0.385. The first-order valence-corrected chi connectivity index (χ1v) is 5.62. The topological polar surface area (TPSA) is 76.1 Å². The predicted octanol–water partition coefficient (Wildman–Crippen LogP) is 1.56. The van der Waals surface area contributed by atoms with E-state index in [1.807, 2.05) is 0 Å². The number of hydrogen-bond donors (Lipinski definition) is 1. The normalized spacial score (nSPS) is 17.3. The Morgan fingerprint density at radius 3 is 2.44 bits per heavy atom. The summed E-state index contributed by atoms with van der Waals surface area (Å²) >= 11 is 0. The number of carboxylic acids is 1. The molecule has 5 nitrogen and oxygen atoms in total. The first-order valence-electron chi connectivity index (χ1n) is 5.62. The summed E-state index contributed by atoms with van der Waals surface area (Å²) < 4.78 is 10.0. The molecule has 1 fully saturated rings. The molecule has 1 saturated heterocycles. The zero-order valence-corrected chi connectivity index (χ0v) is 10.2. The summed E-state index contributed by atoms with van der Waals surface area (Å²) in [5.41, 5.74) is 1.75. The Hall–Kier alpha value is -1.88. The second-order valence-electron chi connectivity index (χ2n) is 4.34. The summed E-state index contributed by atoms with van der Waals surface area (Å²) in [5, 5.41) is 8.97. The van der Waals surface area contributed by atoms with Gasteiger partial charge in [0.15, 0.2) is 0 Å². The van der Waals surface area contributed by atoms with Gasteiger partial charge in [-0.2, -0.15) is 0 Å². The number of ether oxygens (including phenoxy) is 2. The molecule has 1 aromatic carbocycles. The first-order chi connectivity index (χ1) is 8.49. The van der Waals surface area contributed by atoms with E-state index in [0.29, 0.717) is 23.3 Å². The minimum absolute atomic E-state index is 0.0219. The van der Waals surface area contributed by atoms with E-state index in [1.165, 1.54) is 6.07 Å². The molecule has 0 amide bonds. The van der Waals surface area contributed by atoms with E-state index in [-0.39, 0.29) is 18.3 Å². The number of epoxide rings is 1. The van der Waals surface area contributed by atoms with Crippen LogP contribution in [0.25, 0.3) is 0 Å². The van der Waals surface area contributed by atoms with Crippen LogP contribution in [0.4, 0.5) is 0 Å². The highest BCUT2D eigenvalue weighted by Gasteiger charge is 2.25. The average Bonchev–Trinajstić information content (AvgIpc) is 3.12. The third-order valence-corrected chi connectivity index (χ3v) is 2.82. The molecule has 96 valence electrons.